The van der Waals surface area contributed by atoms with Gasteiger partial charge in [-0.1, -0.05) is 6.42 Å². The topological polar surface area (TPSA) is 75.6 Å². The van der Waals surface area contributed by atoms with Crippen molar-refractivity contribution in [1.82, 2.24) is 5.32 Å². The van der Waals surface area contributed by atoms with Crippen molar-refractivity contribution in [2.45, 2.75) is 37.6 Å². The van der Waals surface area contributed by atoms with E-state index in [0.717, 1.165) is 19.3 Å². The van der Waals surface area contributed by atoms with Gasteiger partial charge in [0.05, 0.1) is 6.61 Å². The van der Waals surface area contributed by atoms with Crippen LogP contribution in [-0.4, -0.2) is 35.7 Å². The van der Waals surface area contributed by atoms with Gasteiger partial charge in [-0.05, 0) is 31.1 Å². The van der Waals surface area contributed by atoms with E-state index in [-0.39, 0.29) is 18.4 Å². The van der Waals surface area contributed by atoms with Gasteiger partial charge in [-0.3, -0.25) is 4.79 Å². The Morgan fingerprint density at radius 1 is 1.28 bits per heavy atom. The molecule has 3 aliphatic rings. The molecular formula is C13H19NO4. The molecule has 4 unspecified atom stereocenters. The molecule has 5 nitrogen and oxygen atoms in total. The Labute approximate surface area is 106 Å². The molecule has 3 fully saturated rings. The summed E-state index contributed by atoms with van der Waals surface area (Å²) in [7, 11) is 0. The minimum absolute atomic E-state index is 0.0283. The van der Waals surface area contributed by atoms with Crippen LogP contribution in [0.4, 0.5) is 0 Å². The Morgan fingerprint density at radius 3 is 2.61 bits per heavy atom. The predicted octanol–water partition coefficient (Wildman–Crippen LogP) is 0.782. The zero-order valence-corrected chi connectivity index (χ0v) is 10.4. The van der Waals surface area contributed by atoms with E-state index in [4.69, 9.17) is 4.74 Å². The smallest absolute Gasteiger partial charge is 0.331 e. The van der Waals surface area contributed by atoms with Gasteiger partial charge in [-0.15, -0.1) is 0 Å². The molecule has 0 radical (unpaired) electrons. The summed E-state index contributed by atoms with van der Waals surface area (Å²) < 4.78 is 5.15. The highest BCUT2D eigenvalue weighted by atomic mass is 16.5. The molecule has 1 saturated heterocycles. The van der Waals surface area contributed by atoms with Crippen LogP contribution in [0, 0.1) is 17.8 Å². The summed E-state index contributed by atoms with van der Waals surface area (Å²) in [5.74, 6) is 0.140. The number of hydrogen-bond acceptors (Lipinski definition) is 3. The van der Waals surface area contributed by atoms with Crippen LogP contribution in [0.1, 0.15) is 32.1 Å². The zero-order valence-electron chi connectivity index (χ0n) is 10.4. The van der Waals surface area contributed by atoms with Gasteiger partial charge < -0.3 is 15.2 Å². The normalized spacial score (nSPS) is 42.1. The molecule has 2 saturated carbocycles. The fraction of sp³-hybridized carbons (Fsp3) is 0.846. The molecule has 0 aromatic heterocycles. The third-order valence-corrected chi connectivity index (χ3v) is 4.87. The summed E-state index contributed by atoms with van der Waals surface area (Å²) in [6.45, 7) is 0.498. The molecule has 2 aliphatic carbocycles. The van der Waals surface area contributed by atoms with Gasteiger partial charge >= 0.3 is 5.97 Å². The largest absolute Gasteiger partial charge is 0.479 e. The predicted molar refractivity (Wildman–Crippen MR) is 62.9 cm³/mol. The first-order valence-electron chi connectivity index (χ1n) is 6.74. The van der Waals surface area contributed by atoms with E-state index in [2.05, 4.69) is 5.32 Å². The van der Waals surface area contributed by atoms with Crippen molar-refractivity contribution in [3.05, 3.63) is 0 Å². The number of carboxylic acids is 1. The van der Waals surface area contributed by atoms with Gasteiger partial charge in [0, 0.05) is 18.9 Å². The maximum atomic E-state index is 12.3. The Balaban J connectivity index is 1.68. The summed E-state index contributed by atoms with van der Waals surface area (Å²) in [6.07, 6.45) is 4.82. The summed E-state index contributed by atoms with van der Waals surface area (Å²) >= 11 is 0. The molecule has 5 heteroatoms. The molecule has 100 valence electrons. The average molecular weight is 253 g/mol. The molecule has 18 heavy (non-hydrogen) atoms. The van der Waals surface area contributed by atoms with Crippen molar-refractivity contribution in [2.75, 3.05) is 13.2 Å². The summed E-state index contributed by atoms with van der Waals surface area (Å²) in [6, 6.07) is 0. The van der Waals surface area contributed by atoms with E-state index >= 15 is 0 Å². The molecule has 2 bridgehead atoms. The number of rotatable bonds is 3. The first kappa shape index (κ1) is 12.0. The second-order valence-electron chi connectivity index (χ2n) is 5.96. The van der Waals surface area contributed by atoms with Crippen molar-refractivity contribution in [3.63, 3.8) is 0 Å². The first-order chi connectivity index (χ1) is 8.61. The van der Waals surface area contributed by atoms with Crippen molar-refractivity contribution < 1.29 is 19.4 Å². The van der Waals surface area contributed by atoms with Crippen LogP contribution in [0.2, 0.25) is 0 Å². The lowest BCUT2D eigenvalue weighted by Crippen LogP contribution is -2.57. The highest BCUT2D eigenvalue weighted by Gasteiger charge is 2.48. The van der Waals surface area contributed by atoms with Crippen LogP contribution >= 0.6 is 0 Å². The summed E-state index contributed by atoms with van der Waals surface area (Å²) in [4.78, 5) is 23.6. The average Bonchev–Trinajstić information content (AvgIpc) is 3.04. The van der Waals surface area contributed by atoms with Gasteiger partial charge in [0.2, 0.25) is 5.91 Å². The quantitative estimate of drug-likeness (QED) is 0.779. The lowest BCUT2D eigenvalue weighted by Gasteiger charge is -2.28. The van der Waals surface area contributed by atoms with Crippen LogP contribution in [0.3, 0.4) is 0 Å². The van der Waals surface area contributed by atoms with Crippen LogP contribution in [-0.2, 0) is 14.3 Å². The number of aliphatic carboxylic acids is 1. The number of carbonyl (C=O) groups excluding carboxylic acids is 1. The number of carbonyl (C=O) groups is 2. The molecule has 4 atom stereocenters. The van der Waals surface area contributed by atoms with Crippen molar-refractivity contribution in [3.8, 4) is 0 Å². The molecule has 1 aliphatic heterocycles. The Morgan fingerprint density at radius 2 is 2.11 bits per heavy atom. The van der Waals surface area contributed by atoms with Crippen LogP contribution in [0.15, 0.2) is 0 Å². The molecule has 1 heterocycles. The van der Waals surface area contributed by atoms with E-state index in [1.165, 1.54) is 6.42 Å². The van der Waals surface area contributed by atoms with E-state index < -0.39 is 11.5 Å². The second kappa shape index (κ2) is 4.23. The van der Waals surface area contributed by atoms with E-state index in [0.29, 0.717) is 24.9 Å². The van der Waals surface area contributed by atoms with Gasteiger partial charge in [0.1, 0.15) is 0 Å². The number of hydrogen-bond donors (Lipinski definition) is 2. The lowest BCUT2D eigenvalue weighted by atomic mass is 9.87. The number of nitrogens with one attached hydrogen (secondary N) is 1. The fourth-order valence-electron chi connectivity index (χ4n) is 3.78. The Hall–Kier alpha value is -1.10. The molecular weight excluding hydrogens is 234 g/mol. The van der Waals surface area contributed by atoms with Crippen molar-refractivity contribution >= 4 is 11.9 Å². The Bertz CT molecular complexity index is 375. The monoisotopic (exact) mass is 253 g/mol. The Kier molecular flexibility index (Phi) is 2.81. The number of ether oxygens (including phenoxy) is 1. The summed E-state index contributed by atoms with van der Waals surface area (Å²) in [5, 5.41) is 12.0. The van der Waals surface area contributed by atoms with Crippen LogP contribution < -0.4 is 5.32 Å². The molecule has 2 N–H and O–H groups in total. The fourth-order valence-corrected chi connectivity index (χ4v) is 3.78. The minimum atomic E-state index is -1.18. The summed E-state index contributed by atoms with van der Waals surface area (Å²) in [5.41, 5.74) is -1.18. The SMILES string of the molecule is O=C(NC1(C(=O)O)CCOC1)C1CC2CCC1C2. The van der Waals surface area contributed by atoms with Gasteiger partial charge in [-0.25, -0.2) is 4.79 Å². The zero-order chi connectivity index (χ0) is 12.8. The van der Waals surface area contributed by atoms with E-state index in [1.807, 2.05) is 0 Å². The highest BCUT2D eigenvalue weighted by Crippen LogP contribution is 2.48. The third kappa shape index (κ3) is 1.81. The maximum Gasteiger partial charge on any atom is 0.331 e. The van der Waals surface area contributed by atoms with Crippen LogP contribution in [0.5, 0.6) is 0 Å². The molecule has 0 aromatic rings. The number of fused-ring (bicyclic) bond motifs is 2. The van der Waals surface area contributed by atoms with Gasteiger partial charge in [0.15, 0.2) is 5.54 Å². The standard InChI is InChI=1S/C13H19NO4/c15-11(10-6-8-1-2-9(10)5-8)14-13(12(16)17)3-4-18-7-13/h8-10H,1-7H2,(H,14,15)(H,16,17). The van der Waals surface area contributed by atoms with E-state index in [9.17, 15) is 14.7 Å². The van der Waals surface area contributed by atoms with Gasteiger partial charge in [0.25, 0.3) is 0 Å². The molecule has 1 amide bonds. The van der Waals surface area contributed by atoms with Gasteiger partial charge in [-0.2, -0.15) is 0 Å². The molecule has 0 spiro atoms. The molecule has 0 aromatic carbocycles. The third-order valence-electron chi connectivity index (χ3n) is 4.87. The second-order valence-corrected chi connectivity index (χ2v) is 5.96. The molecule has 3 rings (SSSR count). The van der Waals surface area contributed by atoms with E-state index in [1.54, 1.807) is 0 Å². The first-order valence-corrected chi connectivity index (χ1v) is 6.74. The van der Waals surface area contributed by atoms with Crippen LogP contribution in [0.25, 0.3) is 0 Å². The maximum absolute atomic E-state index is 12.3. The number of amides is 1. The lowest BCUT2D eigenvalue weighted by molar-refractivity contribution is -0.148. The van der Waals surface area contributed by atoms with Crippen molar-refractivity contribution in [1.29, 1.82) is 0 Å². The minimum Gasteiger partial charge on any atom is -0.479 e. The number of carboxylic acid groups (broad SMARTS) is 1. The highest BCUT2D eigenvalue weighted by molar-refractivity contribution is 5.88. The van der Waals surface area contributed by atoms with Crippen molar-refractivity contribution in [2.24, 2.45) is 17.8 Å².